The largest absolute Gasteiger partial charge is 0.494 e. The number of nitrogens with zero attached hydrogens (tertiary/aromatic N) is 4. The summed E-state index contributed by atoms with van der Waals surface area (Å²) in [5.41, 5.74) is 2.18. The highest BCUT2D eigenvalue weighted by molar-refractivity contribution is 7.17. The third-order valence-electron chi connectivity index (χ3n) is 13.2. The van der Waals surface area contributed by atoms with E-state index in [1.54, 1.807) is 0 Å². The zero-order valence-electron chi connectivity index (χ0n) is 40.4. The van der Waals surface area contributed by atoms with E-state index in [0.29, 0.717) is 12.5 Å². The molecule has 3 heterocycles. The van der Waals surface area contributed by atoms with Gasteiger partial charge in [-0.2, -0.15) is 0 Å². The first-order valence-electron chi connectivity index (χ1n) is 26.2. The average molecular weight is 899 g/mol. The van der Waals surface area contributed by atoms with Crippen molar-refractivity contribution in [2.75, 3.05) is 64.1 Å². The summed E-state index contributed by atoms with van der Waals surface area (Å²) in [6.45, 7) is 12.0. The molecule has 0 aliphatic carbocycles. The lowest BCUT2D eigenvalue weighted by molar-refractivity contribution is 0.0323. The minimum atomic E-state index is -0.281. The molecule has 1 aliphatic heterocycles. The molecule has 0 atom stereocenters. The molecule has 0 bridgehead atoms. The quantitative estimate of drug-likeness (QED) is 0.0333. The van der Waals surface area contributed by atoms with Gasteiger partial charge in [0.2, 0.25) is 12.7 Å². The van der Waals surface area contributed by atoms with Gasteiger partial charge >= 0.3 is 6.09 Å². The molecular formula is C55H86N4O4S. The monoisotopic (exact) mass is 899 g/mol. The van der Waals surface area contributed by atoms with Crippen LogP contribution in [0.15, 0.2) is 60.0 Å². The Bertz CT molecular complexity index is 1780. The molecule has 5 rings (SSSR count). The summed E-state index contributed by atoms with van der Waals surface area (Å²) in [7, 11) is 0. The number of aromatic nitrogens is 1. The summed E-state index contributed by atoms with van der Waals surface area (Å²) in [5, 5.41) is 4.60. The highest BCUT2D eigenvalue weighted by atomic mass is 32.1. The standard InChI is InChI=1S/C55H86N4O4S/c1-3-5-7-9-11-13-15-17-19-21-23-25-38-59(39-26-24-22-20-18-16-14-12-10-8-6-4-2)55(60)63-47-62-54-35-33-48-32-34-49(46-51(48)56-54)61-44-28-27-37-57-40-42-58(43-41-57)52-30-29-31-53-50(52)36-45-64-53/h29-36,45-46H,3-28,37-44,47H2,1-2H3. The Labute approximate surface area is 392 Å². The number of fused-ring (bicyclic) bond motifs is 2. The van der Waals surface area contributed by atoms with Crippen molar-refractivity contribution in [1.29, 1.82) is 0 Å². The summed E-state index contributed by atoms with van der Waals surface area (Å²) in [4.78, 5) is 25.2. The van der Waals surface area contributed by atoms with E-state index in [-0.39, 0.29) is 12.9 Å². The van der Waals surface area contributed by atoms with E-state index in [1.165, 1.54) is 144 Å². The van der Waals surface area contributed by atoms with Gasteiger partial charge in [0.15, 0.2) is 0 Å². The fourth-order valence-corrected chi connectivity index (χ4v) is 9.96. The summed E-state index contributed by atoms with van der Waals surface area (Å²) in [5.74, 6) is 1.25. The van der Waals surface area contributed by atoms with Crippen LogP contribution in [0, 0.1) is 0 Å². The number of carbonyl (C=O) groups excluding carboxylic acids is 1. The summed E-state index contributed by atoms with van der Waals surface area (Å²) in [6, 6.07) is 18.8. The molecule has 1 fully saturated rings. The van der Waals surface area contributed by atoms with Gasteiger partial charge in [0.25, 0.3) is 0 Å². The molecule has 1 amide bonds. The average Bonchev–Trinajstić information content (AvgIpc) is 3.81. The maximum Gasteiger partial charge on any atom is 0.412 e. The van der Waals surface area contributed by atoms with Crippen LogP contribution in [0.2, 0.25) is 0 Å². The van der Waals surface area contributed by atoms with E-state index >= 15 is 0 Å². The second kappa shape index (κ2) is 32.2. The Morgan fingerprint density at radius 2 is 1.20 bits per heavy atom. The van der Waals surface area contributed by atoms with Gasteiger partial charge in [-0.25, -0.2) is 9.78 Å². The van der Waals surface area contributed by atoms with Gasteiger partial charge in [0.1, 0.15) is 5.75 Å². The molecule has 0 saturated carbocycles. The second-order valence-corrected chi connectivity index (χ2v) is 19.4. The molecule has 9 heteroatoms. The summed E-state index contributed by atoms with van der Waals surface area (Å²) in [6.07, 6.45) is 33.2. The number of hydrogen-bond donors (Lipinski definition) is 0. The van der Waals surface area contributed by atoms with E-state index in [9.17, 15) is 4.79 Å². The lowest BCUT2D eigenvalue weighted by atomic mass is 10.0. The van der Waals surface area contributed by atoms with Crippen LogP contribution in [0.3, 0.4) is 0 Å². The first-order chi connectivity index (χ1) is 31.6. The van der Waals surface area contributed by atoms with Gasteiger partial charge in [-0.15, -0.1) is 11.3 Å². The summed E-state index contributed by atoms with van der Waals surface area (Å²) >= 11 is 1.82. The number of hydrogen-bond acceptors (Lipinski definition) is 8. The second-order valence-electron chi connectivity index (χ2n) is 18.4. The maximum absolute atomic E-state index is 13.4. The topological polar surface area (TPSA) is 67.4 Å². The van der Waals surface area contributed by atoms with Crippen LogP contribution in [0.4, 0.5) is 10.5 Å². The molecule has 0 unspecified atom stereocenters. The number of pyridine rings is 1. The fraction of sp³-hybridized carbons (Fsp3) is 0.673. The molecule has 4 aromatic rings. The van der Waals surface area contributed by atoms with Crippen molar-refractivity contribution in [3.8, 4) is 11.6 Å². The van der Waals surface area contributed by atoms with E-state index in [4.69, 9.17) is 19.2 Å². The van der Waals surface area contributed by atoms with Crippen LogP contribution in [-0.2, 0) is 4.74 Å². The lowest BCUT2D eigenvalue weighted by Crippen LogP contribution is -2.46. The van der Waals surface area contributed by atoms with Crippen LogP contribution < -0.4 is 14.4 Å². The van der Waals surface area contributed by atoms with E-state index in [2.05, 4.69) is 53.3 Å². The van der Waals surface area contributed by atoms with E-state index in [1.807, 2.05) is 46.6 Å². The maximum atomic E-state index is 13.4. The number of benzene rings is 2. The molecule has 2 aromatic carbocycles. The number of rotatable bonds is 36. The molecule has 1 saturated heterocycles. The van der Waals surface area contributed by atoms with E-state index in [0.717, 1.165) is 101 Å². The number of piperazine rings is 1. The molecule has 8 nitrogen and oxygen atoms in total. The normalized spacial score (nSPS) is 13.2. The number of carbonyl (C=O) groups is 1. The van der Waals surface area contributed by atoms with Gasteiger partial charge in [-0.05, 0) is 74.0 Å². The Hall–Kier alpha value is -3.56. The molecular weight excluding hydrogens is 813 g/mol. The number of amides is 1. The number of thiophene rings is 1. The van der Waals surface area contributed by atoms with Gasteiger partial charge in [0, 0.05) is 72.6 Å². The van der Waals surface area contributed by atoms with Crippen molar-refractivity contribution in [3.05, 3.63) is 60.0 Å². The van der Waals surface area contributed by atoms with Gasteiger partial charge in [0.05, 0.1) is 12.1 Å². The van der Waals surface area contributed by atoms with Crippen molar-refractivity contribution in [2.24, 2.45) is 0 Å². The number of anilines is 1. The van der Waals surface area contributed by atoms with Crippen LogP contribution in [0.25, 0.3) is 21.0 Å². The Morgan fingerprint density at radius 1 is 0.625 bits per heavy atom. The molecule has 0 N–H and O–H groups in total. The molecule has 1 aliphatic rings. The van der Waals surface area contributed by atoms with E-state index < -0.39 is 0 Å². The third-order valence-corrected chi connectivity index (χ3v) is 14.1. The van der Waals surface area contributed by atoms with Crippen molar-refractivity contribution in [1.82, 2.24) is 14.8 Å². The van der Waals surface area contributed by atoms with Gasteiger partial charge in [-0.3, -0.25) is 4.90 Å². The van der Waals surface area contributed by atoms with Crippen molar-refractivity contribution < 1.29 is 19.0 Å². The fourth-order valence-electron chi connectivity index (χ4n) is 9.16. The zero-order chi connectivity index (χ0) is 44.7. The van der Waals surface area contributed by atoms with Crippen molar-refractivity contribution in [2.45, 2.75) is 181 Å². The molecule has 356 valence electrons. The van der Waals surface area contributed by atoms with Crippen LogP contribution >= 0.6 is 11.3 Å². The molecule has 2 aromatic heterocycles. The molecule has 0 radical (unpaired) electrons. The summed E-state index contributed by atoms with van der Waals surface area (Å²) < 4.78 is 19.2. The smallest absolute Gasteiger partial charge is 0.412 e. The lowest BCUT2D eigenvalue weighted by Gasteiger charge is -2.36. The number of unbranched alkanes of at least 4 members (excludes halogenated alkanes) is 23. The van der Waals surface area contributed by atoms with Crippen LogP contribution in [-0.4, -0.2) is 80.1 Å². The third kappa shape index (κ3) is 19.9. The number of ether oxygens (including phenoxy) is 3. The zero-order valence-corrected chi connectivity index (χ0v) is 41.2. The highest BCUT2D eigenvalue weighted by Crippen LogP contribution is 2.31. The van der Waals surface area contributed by atoms with Crippen LogP contribution in [0.5, 0.6) is 11.6 Å². The van der Waals surface area contributed by atoms with Gasteiger partial charge in [-0.1, -0.05) is 161 Å². The molecule has 0 spiro atoms. The first kappa shape index (κ1) is 51.4. The Morgan fingerprint density at radius 3 is 1.81 bits per heavy atom. The Balaban J connectivity index is 0.968. The van der Waals surface area contributed by atoms with Gasteiger partial charge < -0.3 is 24.0 Å². The Kier molecular flexibility index (Phi) is 25.8. The predicted octanol–water partition coefficient (Wildman–Crippen LogP) is 15.6. The molecule has 64 heavy (non-hydrogen) atoms. The highest BCUT2D eigenvalue weighted by Gasteiger charge is 2.19. The minimum Gasteiger partial charge on any atom is -0.494 e. The van der Waals surface area contributed by atoms with Crippen LogP contribution in [0.1, 0.15) is 181 Å². The van der Waals surface area contributed by atoms with Crippen molar-refractivity contribution >= 4 is 44.1 Å². The first-order valence-corrected chi connectivity index (χ1v) is 27.0. The minimum absolute atomic E-state index is 0.152. The van der Waals surface area contributed by atoms with Crippen molar-refractivity contribution in [3.63, 3.8) is 0 Å². The SMILES string of the molecule is CCCCCCCCCCCCCCN(CCCCCCCCCCCCCC)C(=O)OCOc1ccc2ccc(OCCCCN3CCN(c4cccc5sccc45)CC3)cc2n1. The predicted molar refractivity (Wildman–Crippen MR) is 273 cm³/mol.